The van der Waals surface area contributed by atoms with E-state index < -0.39 is 10.0 Å². The second kappa shape index (κ2) is 8.92. The van der Waals surface area contributed by atoms with Crippen molar-refractivity contribution in [1.82, 2.24) is 9.21 Å². The maximum absolute atomic E-state index is 13.2. The van der Waals surface area contributed by atoms with Crippen LogP contribution in [-0.4, -0.2) is 57.4 Å². The van der Waals surface area contributed by atoms with Gasteiger partial charge in [0.25, 0.3) is 15.9 Å². The number of amides is 1. The SMILES string of the molecule is COc1ccc(C2CCCN2C(=O)c2ccc(S(=O)(=O)N3CCCCC3)o2)c(OC)c1. The van der Waals surface area contributed by atoms with Gasteiger partial charge in [0.15, 0.2) is 5.76 Å². The number of ether oxygens (including phenoxy) is 2. The van der Waals surface area contributed by atoms with Crippen molar-refractivity contribution in [3.63, 3.8) is 0 Å². The predicted octanol–water partition coefficient (Wildman–Crippen LogP) is 3.45. The van der Waals surface area contributed by atoms with Crippen LogP contribution in [0.1, 0.15) is 54.3 Å². The molecule has 1 atom stereocenters. The molecule has 2 fully saturated rings. The van der Waals surface area contributed by atoms with Crippen molar-refractivity contribution in [1.29, 1.82) is 0 Å². The molecule has 0 radical (unpaired) electrons. The van der Waals surface area contributed by atoms with Crippen LogP contribution in [0.2, 0.25) is 0 Å². The second-order valence-electron chi connectivity index (χ2n) is 7.85. The minimum atomic E-state index is -3.72. The summed E-state index contributed by atoms with van der Waals surface area (Å²) in [7, 11) is -0.544. The quantitative estimate of drug-likeness (QED) is 0.673. The van der Waals surface area contributed by atoms with Gasteiger partial charge in [0, 0.05) is 31.3 Å². The third-order valence-corrected chi connectivity index (χ3v) is 7.79. The highest BCUT2D eigenvalue weighted by atomic mass is 32.2. The zero-order valence-electron chi connectivity index (χ0n) is 17.9. The Morgan fingerprint density at radius 1 is 1.00 bits per heavy atom. The minimum Gasteiger partial charge on any atom is -0.497 e. The second-order valence-corrected chi connectivity index (χ2v) is 9.72. The summed E-state index contributed by atoms with van der Waals surface area (Å²) in [5.41, 5.74) is 0.891. The van der Waals surface area contributed by atoms with Crippen LogP contribution in [0, 0.1) is 0 Å². The van der Waals surface area contributed by atoms with Gasteiger partial charge in [0.1, 0.15) is 11.5 Å². The van der Waals surface area contributed by atoms with Gasteiger partial charge in [-0.3, -0.25) is 4.79 Å². The number of carbonyl (C=O) groups excluding carboxylic acids is 1. The fraction of sp³-hybridized carbons (Fsp3) is 0.500. The summed E-state index contributed by atoms with van der Waals surface area (Å²) in [4.78, 5) is 15.0. The van der Waals surface area contributed by atoms with E-state index in [1.165, 1.54) is 16.4 Å². The molecule has 1 aromatic heterocycles. The van der Waals surface area contributed by atoms with Crippen molar-refractivity contribution in [2.75, 3.05) is 33.9 Å². The molecule has 0 aliphatic carbocycles. The van der Waals surface area contributed by atoms with E-state index in [0.717, 1.165) is 37.7 Å². The van der Waals surface area contributed by atoms with Crippen LogP contribution in [0.15, 0.2) is 39.8 Å². The van der Waals surface area contributed by atoms with Crippen LogP contribution in [-0.2, 0) is 10.0 Å². The lowest BCUT2D eigenvalue weighted by Crippen LogP contribution is -2.35. The number of furan rings is 1. The third-order valence-electron chi connectivity index (χ3n) is 6.01. The fourth-order valence-electron chi connectivity index (χ4n) is 4.37. The standard InChI is InChI=1S/C22H28N2O6S/c1-28-16-8-9-17(20(15-16)29-2)18-7-6-14-24(18)22(25)19-10-11-21(30-19)31(26,27)23-12-4-3-5-13-23/h8-11,15,18H,3-7,12-14H2,1-2H3. The first-order valence-electron chi connectivity index (χ1n) is 10.6. The molecule has 0 saturated carbocycles. The van der Waals surface area contributed by atoms with E-state index in [0.29, 0.717) is 31.1 Å². The Morgan fingerprint density at radius 2 is 1.77 bits per heavy atom. The topological polar surface area (TPSA) is 89.3 Å². The number of sulfonamides is 1. The van der Waals surface area contributed by atoms with Crippen LogP contribution in [0.5, 0.6) is 11.5 Å². The summed E-state index contributed by atoms with van der Waals surface area (Å²) in [6.45, 7) is 1.53. The van der Waals surface area contributed by atoms with E-state index in [2.05, 4.69) is 0 Å². The van der Waals surface area contributed by atoms with Gasteiger partial charge in [0.2, 0.25) is 5.09 Å². The zero-order chi connectivity index (χ0) is 22.0. The molecule has 0 bridgehead atoms. The Kier molecular flexibility index (Phi) is 6.24. The molecular weight excluding hydrogens is 420 g/mol. The van der Waals surface area contributed by atoms with Crippen LogP contribution in [0.3, 0.4) is 0 Å². The molecule has 8 nitrogen and oxygen atoms in total. The maximum Gasteiger partial charge on any atom is 0.290 e. The first kappa shape index (κ1) is 21.7. The van der Waals surface area contributed by atoms with Crippen molar-refractivity contribution >= 4 is 15.9 Å². The average molecular weight is 449 g/mol. The van der Waals surface area contributed by atoms with Crippen LogP contribution >= 0.6 is 0 Å². The average Bonchev–Trinajstić information content (AvgIpc) is 3.49. The molecule has 168 valence electrons. The Hall–Kier alpha value is -2.52. The molecule has 1 aromatic carbocycles. The first-order valence-corrected chi connectivity index (χ1v) is 12.0. The number of hydrogen-bond donors (Lipinski definition) is 0. The van der Waals surface area contributed by atoms with E-state index in [-0.39, 0.29) is 22.8 Å². The van der Waals surface area contributed by atoms with Crippen molar-refractivity contribution in [2.24, 2.45) is 0 Å². The van der Waals surface area contributed by atoms with Gasteiger partial charge in [-0.15, -0.1) is 0 Å². The first-order chi connectivity index (χ1) is 15.0. The van der Waals surface area contributed by atoms with Crippen LogP contribution in [0.4, 0.5) is 0 Å². The highest BCUT2D eigenvalue weighted by molar-refractivity contribution is 7.89. The molecular formula is C22H28N2O6S. The molecule has 4 rings (SSSR count). The smallest absolute Gasteiger partial charge is 0.290 e. The Balaban J connectivity index is 1.57. The van der Waals surface area contributed by atoms with Crippen molar-refractivity contribution in [3.05, 3.63) is 41.7 Å². The molecule has 2 aliphatic rings. The summed E-state index contributed by atoms with van der Waals surface area (Å²) in [5.74, 6) is 1.04. The lowest BCUT2D eigenvalue weighted by atomic mass is 10.0. The predicted molar refractivity (Wildman–Crippen MR) is 114 cm³/mol. The molecule has 31 heavy (non-hydrogen) atoms. The number of methoxy groups -OCH3 is 2. The third kappa shape index (κ3) is 4.16. The lowest BCUT2D eigenvalue weighted by molar-refractivity contribution is 0.0695. The van der Waals surface area contributed by atoms with E-state index >= 15 is 0 Å². The van der Waals surface area contributed by atoms with Gasteiger partial charge in [-0.2, -0.15) is 4.31 Å². The summed E-state index contributed by atoms with van der Waals surface area (Å²) < 4.78 is 43.5. The van der Waals surface area contributed by atoms with Gasteiger partial charge >= 0.3 is 0 Å². The molecule has 2 aliphatic heterocycles. The highest BCUT2D eigenvalue weighted by Crippen LogP contribution is 2.39. The van der Waals surface area contributed by atoms with Gasteiger partial charge < -0.3 is 18.8 Å². The highest BCUT2D eigenvalue weighted by Gasteiger charge is 2.35. The Bertz CT molecular complexity index is 1040. The molecule has 1 amide bonds. The molecule has 0 N–H and O–H groups in total. The number of piperidine rings is 1. The Morgan fingerprint density at radius 3 is 2.48 bits per heavy atom. The number of likely N-dealkylation sites (tertiary alicyclic amines) is 1. The summed E-state index contributed by atoms with van der Waals surface area (Å²) in [6, 6.07) is 8.21. The van der Waals surface area contributed by atoms with Crippen molar-refractivity contribution in [3.8, 4) is 11.5 Å². The summed E-state index contributed by atoms with van der Waals surface area (Å²) >= 11 is 0. The normalized spacial score (nSPS) is 20.1. The van der Waals surface area contributed by atoms with E-state index in [9.17, 15) is 13.2 Å². The van der Waals surface area contributed by atoms with Gasteiger partial charge in [-0.05, 0) is 49.9 Å². The monoisotopic (exact) mass is 448 g/mol. The number of carbonyl (C=O) groups is 1. The van der Waals surface area contributed by atoms with E-state index in [1.807, 2.05) is 12.1 Å². The number of nitrogens with zero attached hydrogens (tertiary/aromatic N) is 2. The number of rotatable bonds is 6. The summed E-state index contributed by atoms with van der Waals surface area (Å²) in [6.07, 6.45) is 4.33. The van der Waals surface area contributed by atoms with Gasteiger partial charge in [0.05, 0.1) is 20.3 Å². The van der Waals surface area contributed by atoms with Gasteiger partial charge in [-0.1, -0.05) is 6.42 Å². The molecule has 3 heterocycles. The van der Waals surface area contributed by atoms with Crippen molar-refractivity contribution in [2.45, 2.75) is 43.2 Å². The molecule has 1 unspecified atom stereocenters. The Labute approximate surface area is 182 Å². The summed E-state index contributed by atoms with van der Waals surface area (Å²) in [5, 5.41) is -0.171. The fourth-order valence-corrected chi connectivity index (χ4v) is 5.80. The maximum atomic E-state index is 13.2. The molecule has 2 aromatic rings. The largest absolute Gasteiger partial charge is 0.497 e. The number of hydrogen-bond acceptors (Lipinski definition) is 6. The van der Waals surface area contributed by atoms with Crippen molar-refractivity contribution < 1.29 is 27.1 Å². The zero-order valence-corrected chi connectivity index (χ0v) is 18.7. The molecule has 0 spiro atoms. The minimum absolute atomic E-state index is 0.0370. The lowest BCUT2D eigenvalue weighted by Gasteiger charge is -2.26. The van der Waals surface area contributed by atoms with E-state index in [1.54, 1.807) is 25.2 Å². The van der Waals surface area contributed by atoms with Crippen LogP contribution < -0.4 is 9.47 Å². The van der Waals surface area contributed by atoms with E-state index in [4.69, 9.17) is 13.9 Å². The van der Waals surface area contributed by atoms with Gasteiger partial charge in [-0.25, -0.2) is 8.42 Å². The van der Waals surface area contributed by atoms with Crippen LogP contribution in [0.25, 0.3) is 0 Å². The molecule has 9 heteroatoms. The molecule has 2 saturated heterocycles. The number of benzene rings is 1.